The molecule has 0 saturated carbocycles. The summed E-state index contributed by atoms with van der Waals surface area (Å²) < 4.78 is 1.83. The van der Waals surface area contributed by atoms with E-state index >= 15 is 0 Å². The minimum absolute atomic E-state index is 0.155. The molecule has 1 aromatic carbocycles. The molecule has 2 aromatic heterocycles. The summed E-state index contributed by atoms with van der Waals surface area (Å²) >= 11 is 0. The lowest BCUT2D eigenvalue weighted by Gasteiger charge is -2.05. The molecule has 18 heavy (non-hydrogen) atoms. The molecule has 5 heteroatoms. The van der Waals surface area contributed by atoms with Crippen LogP contribution in [0.5, 0.6) is 11.5 Å². The third-order valence-corrected chi connectivity index (χ3v) is 2.94. The van der Waals surface area contributed by atoms with Gasteiger partial charge < -0.3 is 14.8 Å². The summed E-state index contributed by atoms with van der Waals surface area (Å²) in [5, 5.41) is 19.4. The summed E-state index contributed by atoms with van der Waals surface area (Å²) in [7, 11) is 1.84. The average Bonchev–Trinajstić information content (AvgIpc) is 2.71. The number of aromatic hydroxyl groups is 2. The molecule has 0 spiro atoms. The molecule has 0 unspecified atom stereocenters. The van der Waals surface area contributed by atoms with Crippen LogP contribution in [0.3, 0.4) is 0 Å². The number of hydrogen-bond acceptors (Lipinski definition) is 4. The van der Waals surface area contributed by atoms with Crippen molar-refractivity contribution >= 4 is 11.0 Å². The summed E-state index contributed by atoms with van der Waals surface area (Å²) in [4.78, 5) is 8.48. The van der Waals surface area contributed by atoms with Gasteiger partial charge in [0.1, 0.15) is 5.82 Å². The van der Waals surface area contributed by atoms with Gasteiger partial charge in [-0.3, -0.25) is 4.98 Å². The van der Waals surface area contributed by atoms with Gasteiger partial charge in [-0.15, -0.1) is 0 Å². The fraction of sp³-hybridized carbons (Fsp3) is 0.0769. The first kappa shape index (κ1) is 10.6. The van der Waals surface area contributed by atoms with E-state index in [-0.39, 0.29) is 11.5 Å². The number of benzene rings is 1. The smallest absolute Gasteiger partial charge is 0.168 e. The minimum atomic E-state index is -0.163. The maximum atomic E-state index is 9.88. The van der Waals surface area contributed by atoms with Gasteiger partial charge in [0.15, 0.2) is 11.5 Å². The molecule has 3 aromatic rings. The largest absolute Gasteiger partial charge is 0.504 e. The summed E-state index contributed by atoms with van der Waals surface area (Å²) in [6.45, 7) is 0. The van der Waals surface area contributed by atoms with Crippen molar-refractivity contribution in [3.63, 3.8) is 0 Å². The predicted octanol–water partition coefficient (Wildman–Crippen LogP) is 2.05. The number of aromatic nitrogens is 3. The summed E-state index contributed by atoms with van der Waals surface area (Å²) in [5.74, 6) is 0.271. The van der Waals surface area contributed by atoms with Crippen molar-refractivity contribution in [3.8, 4) is 22.9 Å². The Bertz CT molecular complexity index is 734. The zero-order valence-corrected chi connectivity index (χ0v) is 9.70. The number of aryl methyl sites for hydroxylation is 1. The number of rotatable bonds is 1. The van der Waals surface area contributed by atoms with Crippen molar-refractivity contribution in [2.45, 2.75) is 0 Å². The van der Waals surface area contributed by atoms with Crippen molar-refractivity contribution in [2.24, 2.45) is 7.05 Å². The Morgan fingerprint density at radius 2 is 2.00 bits per heavy atom. The lowest BCUT2D eigenvalue weighted by molar-refractivity contribution is 0.405. The highest BCUT2D eigenvalue weighted by Gasteiger charge is 2.14. The molecule has 90 valence electrons. The number of phenolic OH excluding ortho intramolecular Hbond substituents is 2. The van der Waals surface area contributed by atoms with Gasteiger partial charge in [-0.1, -0.05) is 6.07 Å². The van der Waals surface area contributed by atoms with E-state index in [2.05, 4.69) is 9.97 Å². The van der Waals surface area contributed by atoms with Crippen LogP contribution in [0.15, 0.2) is 36.7 Å². The normalized spacial score (nSPS) is 10.9. The maximum absolute atomic E-state index is 9.88. The maximum Gasteiger partial charge on any atom is 0.168 e. The molecule has 2 heterocycles. The zero-order chi connectivity index (χ0) is 12.7. The van der Waals surface area contributed by atoms with E-state index in [1.54, 1.807) is 30.6 Å². The fourth-order valence-corrected chi connectivity index (χ4v) is 1.99. The van der Waals surface area contributed by atoms with Crippen LogP contribution in [-0.2, 0) is 7.05 Å². The van der Waals surface area contributed by atoms with Gasteiger partial charge in [0.05, 0.1) is 22.8 Å². The van der Waals surface area contributed by atoms with Crippen LogP contribution in [0.2, 0.25) is 0 Å². The van der Waals surface area contributed by atoms with E-state index in [1.807, 2.05) is 11.6 Å². The molecule has 0 bridgehead atoms. The number of hydrogen-bond donors (Lipinski definition) is 2. The number of pyridine rings is 1. The molecule has 0 atom stereocenters. The highest BCUT2D eigenvalue weighted by Crippen LogP contribution is 2.36. The van der Waals surface area contributed by atoms with Crippen LogP contribution in [0.1, 0.15) is 0 Å². The zero-order valence-electron chi connectivity index (χ0n) is 9.70. The van der Waals surface area contributed by atoms with Crippen LogP contribution in [-0.4, -0.2) is 24.7 Å². The van der Waals surface area contributed by atoms with Crippen molar-refractivity contribution in [2.75, 3.05) is 0 Å². The van der Waals surface area contributed by atoms with Crippen molar-refractivity contribution < 1.29 is 10.2 Å². The monoisotopic (exact) mass is 241 g/mol. The third-order valence-electron chi connectivity index (χ3n) is 2.94. The van der Waals surface area contributed by atoms with Gasteiger partial charge >= 0.3 is 0 Å². The van der Waals surface area contributed by atoms with Crippen molar-refractivity contribution in [3.05, 3.63) is 36.7 Å². The number of nitrogens with zero attached hydrogens (tertiary/aromatic N) is 3. The second kappa shape index (κ2) is 3.73. The first-order valence-corrected chi connectivity index (χ1v) is 5.46. The predicted molar refractivity (Wildman–Crippen MR) is 67.3 cm³/mol. The number of fused-ring (bicyclic) bond motifs is 1. The van der Waals surface area contributed by atoms with E-state index in [1.165, 1.54) is 6.07 Å². The average molecular weight is 241 g/mol. The quantitative estimate of drug-likeness (QED) is 0.639. The molecule has 0 amide bonds. The highest BCUT2D eigenvalue weighted by molar-refractivity contribution is 5.81. The molecule has 2 N–H and O–H groups in total. The molecule has 0 aliphatic heterocycles. The molecule has 0 saturated heterocycles. The summed E-state index contributed by atoms with van der Waals surface area (Å²) in [5.41, 5.74) is 2.16. The SMILES string of the molecule is Cn1c(-c2cccc(O)c2O)nc2ccncc21. The van der Waals surface area contributed by atoms with Gasteiger partial charge in [-0.05, 0) is 18.2 Å². The van der Waals surface area contributed by atoms with Gasteiger partial charge in [-0.25, -0.2) is 4.98 Å². The molecular weight excluding hydrogens is 230 g/mol. The Morgan fingerprint density at radius 1 is 1.17 bits per heavy atom. The Kier molecular flexibility index (Phi) is 2.19. The lowest BCUT2D eigenvalue weighted by atomic mass is 10.2. The third kappa shape index (κ3) is 1.41. The van der Waals surface area contributed by atoms with Crippen molar-refractivity contribution in [1.29, 1.82) is 0 Å². The Hall–Kier alpha value is -2.56. The van der Waals surface area contributed by atoms with Gasteiger partial charge in [0.2, 0.25) is 0 Å². The standard InChI is InChI=1S/C13H11N3O2/c1-16-10-7-14-6-5-9(10)15-13(16)8-3-2-4-11(17)12(8)18/h2-7,17-18H,1H3. The molecule has 3 rings (SSSR count). The lowest BCUT2D eigenvalue weighted by Crippen LogP contribution is -1.93. The van der Waals surface area contributed by atoms with E-state index < -0.39 is 0 Å². The summed E-state index contributed by atoms with van der Waals surface area (Å²) in [6, 6.07) is 6.62. The van der Waals surface area contributed by atoms with E-state index in [4.69, 9.17) is 0 Å². The number of phenols is 2. The molecule has 0 radical (unpaired) electrons. The number of imidazole rings is 1. The van der Waals surface area contributed by atoms with E-state index in [0.29, 0.717) is 11.4 Å². The van der Waals surface area contributed by atoms with Crippen LogP contribution in [0, 0.1) is 0 Å². The Morgan fingerprint density at radius 3 is 2.78 bits per heavy atom. The first-order valence-electron chi connectivity index (χ1n) is 5.46. The van der Waals surface area contributed by atoms with Crippen LogP contribution in [0.4, 0.5) is 0 Å². The fourth-order valence-electron chi connectivity index (χ4n) is 1.99. The second-order valence-corrected chi connectivity index (χ2v) is 4.03. The van der Waals surface area contributed by atoms with Gasteiger partial charge in [0.25, 0.3) is 0 Å². The molecule has 5 nitrogen and oxygen atoms in total. The first-order chi connectivity index (χ1) is 8.68. The summed E-state index contributed by atoms with van der Waals surface area (Å²) in [6.07, 6.45) is 3.38. The highest BCUT2D eigenvalue weighted by atomic mass is 16.3. The molecule has 0 aliphatic carbocycles. The van der Waals surface area contributed by atoms with Gasteiger partial charge in [-0.2, -0.15) is 0 Å². The number of para-hydroxylation sites is 1. The molecular formula is C13H11N3O2. The van der Waals surface area contributed by atoms with Crippen LogP contribution in [0.25, 0.3) is 22.4 Å². The Balaban J connectivity index is 2.32. The Labute approximate surface area is 103 Å². The topological polar surface area (TPSA) is 71.2 Å². The molecule has 0 aliphatic rings. The van der Waals surface area contributed by atoms with Gasteiger partial charge in [0, 0.05) is 13.2 Å². The van der Waals surface area contributed by atoms with E-state index in [9.17, 15) is 10.2 Å². The van der Waals surface area contributed by atoms with Crippen molar-refractivity contribution in [1.82, 2.24) is 14.5 Å². The van der Waals surface area contributed by atoms with Crippen LogP contribution < -0.4 is 0 Å². The van der Waals surface area contributed by atoms with Crippen LogP contribution >= 0.6 is 0 Å². The molecule has 0 fully saturated rings. The van der Waals surface area contributed by atoms with E-state index in [0.717, 1.165) is 11.0 Å². The second-order valence-electron chi connectivity index (χ2n) is 4.03. The minimum Gasteiger partial charge on any atom is -0.504 e.